The molecule has 1 heterocycles. The van der Waals surface area contributed by atoms with E-state index in [-0.39, 0.29) is 0 Å². The van der Waals surface area contributed by atoms with Gasteiger partial charge >= 0.3 is 0 Å². The first kappa shape index (κ1) is 14.7. The van der Waals surface area contributed by atoms with Gasteiger partial charge in [-0.3, -0.25) is 0 Å². The van der Waals surface area contributed by atoms with Gasteiger partial charge in [-0.15, -0.1) is 11.6 Å². The van der Waals surface area contributed by atoms with Crippen LogP contribution in [0.5, 0.6) is 0 Å². The van der Waals surface area contributed by atoms with Gasteiger partial charge in [-0.1, -0.05) is 19.6 Å². The van der Waals surface area contributed by atoms with Crippen molar-refractivity contribution in [3.05, 3.63) is 18.0 Å². The molecule has 3 nitrogen and oxygen atoms in total. The minimum atomic E-state index is -0.986. The molecule has 17 heavy (non-hydrogen) atoms. The molecule has 5 heteroatoms. The van der Waals surface area contributed by atoms with E-state index in [0.717, 1.165) is 19.4 Å². The van der Waals surface area contributed by atoms with Gasteiger partial charge < -0.3 is 4.74 Å². The van der Waals surface area contributed by atoms with E-state index in [0.29, 0.717) is 12.6 Å². The van der Waals surface area contributed by atoms with Crippen molar-refractivity contribution >= 4 is 19.7 Å². The van der Waals surface area contributed by atoms with Gasteiger partial charge in [-0.25, -0.2) is 4.68 Å². The number of hydrogen-bond acceptors (Lipinski definition) is 2. The maximum absolute atomic E-state index is 5.69. The van der Waals surface area contributed by atoms with Gasteiger partial charge in [0.05, 0.1) is 0 Å². The number of aryl methyl sites for hydroxylation is 1. The molecule has 1 aromatic rings. The molecule has 0 saturated heterocycles. The summed E-state index contributed by atoms with van der Waals surface area (Å²) in [6, 6.07) is 3.24. The van der Waals surface area contributed by atoms with Crippen LogP contribution in [0.4, 0.5) is 0 Å². The van der Waals surface area contributed by atoms with E-state index in [4.69, 9.17) is 16.3 Å². The molecule has 0 bridgehead atoms. The first-order valence-electron chi connectivity index (χ1n) is 6.17. The molecular weight excluding hydrogens is 252 g/mol. The van der Waals surface area contributed by atoms with Crippen LogP contribution in [0.25, 0.3) is 0 Å². The molecule has 0 aliphatic rings. The number of nitrogens with zero attached hydrogens (tertiary/aromatic N) is 2. The van der Waals surface area contributed by atoms with Crippen molar-refractivity contribution in [1.29, 1.82) is 0 Å². The summed E-state index contributed by atoms with van der Waals surface area (Å²) in [5.41, 5.74) is 1.21. The maximum Gasteiger partial charge on any atom is 0.139 e. The average Bonchev–Trinajstić information content (AvgIpc) is 2.67. The highest BCUT2D eigenvalue weighted by Crippen LogP contribution is 2.09. The molecule has 0 spiro atoms. The van der Waals surface area contributed by atoms with E-state index >= 15 is 0 Å². The van der Waals surface area contributed by atoms with Crippen molar-refractivity contribution in [1.82, 2.24) is 9.78 Å². The van der Waals surface area contributed by atoms with E-state index in [1.807, 2.05) is 16.9 Å². The predicted molar refractivity (Wildman–Crippen MR) is 75.4 cm³/mol. The summed E-state index contributed by atoms with van der Waals surface area (Å²) in [5, 5.41) is 4.26. The van der Waals surface area contributed by atoms with Crippen molar-refractivity contribution < 1.29 is 4.74 Å². The van der Waals surface area contributed by atoms with E-state index in [1.165, 1.54) is 11.7 Å². The monoisotopic (exact) mass is 274 g/mol. The van der Waals surface area contributed by atoms with Crippen LogP contribution >= 0.6 is 11.6 Å². The Kier molecular flexibility index (Phi) is 6.23. The minimum Gasteiger partial charge on any atom is -0.360 e. The van der Waals surface area contributed by atoms with Gasteiger partial charge in [0.25, 0.3) is 0 Å². The third-order valence-corrected chi connectivity index (χ3v) is 4.55. The highest BCUT2D eigenvalue weighted by Gasteiger charge is 2.12. The van der Waals surface area contributed by atoms with Crippen LogP contribution in [-0.2, 0) is 17.9 Å². The topological polar surface area (TPSA) is 27.1 Å². The van der Waals surface area contributed by atoms with Crippen molar-refractivity contribution in [3.63, 3.8) is 0 Å². The van der Waals surface area contributed by atoms with Crippen LogP contribution in [0.1, 0.15) is 12.1 Å². The van der Waals surface area contributed by atoms with Crippen LogP contribution in [-0.4, -0.2) is 30.3 Å². The molecule has 0 aliphatic carbocycles. The number of halogens is 1. The minimum absolute atomic E-state index is 0.565. The second-order valence-corrected chi connectivity index (χ2v) is 11.5. The van der Waals surface area contributed by atoms with Crippen molar-refractivity contribution in [2.24, 2.45) is 0 Å². The predicted octanol–water partition coefficient (Wildman–Crippen LogP) is 3.37. The third kappa shape index (κ3) is 6.24. The normalized spacial score (nSPS) is 12.0. The summed E-state index contributed by atoms with van der Waals surface area (Å²) in [7, 11) is -0.986. The molecular formula is C12H23ClN2OSi. The van der Waals surface area contributed by atoms with Crippen LogP contribution < -0.4 is 0 Å². The Morgan fingerprint density at radius 2 is 2.18 bits per heavy atom. The van der Waals surface area contributed by atoms with Crippen LogP contribution in [0, 0.1) is 0 Å². The van der Waals surface area contributed by atoms with Crippen molar-refractivity contribution in [2.45, 2.75) is 45.3 Å². The Morgan fingerprint density at radius 1 is 1.41 bits per heavy atom. The summed E-state index contributed by atoms with van der Waals surface area (Å²) in [4.78, 5) is 0. The highest BCUT2D eigenvalue weighted by atomic mass is 35.5. The fourth-order valence-corrected chi connectivity index (χ4v) is 2.36. The SMILES string of the molecule is C[Si](C)(C)CCOCn1nccc1CCCCl. The second-order valence-electron chi connectivity index (χ2n) is 5.46. The second kappa shape index (κ2) is 7.19. The number of rotatable bonds is 8. The Bertz CT molecular complexity index is 323. The summed E-state index contributed by atoms with van der Waals surface area (Å²) in [5.74, 6) is 0.696. The molecule has 0 fully saturated rings. The lowest BCUT2D eigenvalue weighted by Crippen LogP contribution is -2.22. The molecule has 0 unspecified atom stereocenters. The number of aromatic nitrogens is 2. The Hall–Kier alpha value is -0.323. The quantitative estimate of drug-likeness (QED) is 0.413. The fourth-order valence-electron chi connectivity index (χ4n) is 1.47. The first-order chi connectivity index (χ1) is 8.03. The lowest BCUT2D eigenvalue weighted by atomic mass is 10.2. The van der Waals surface area contributed by atoms with Gasteiger partial charge in [0.15, 0.2) is 0 Å². The van der Waals surface area contributed by atoms with E-state index in [1.54, 1.807) is 0 Å². The zero-order valence-corrected chi connectivity index (χ0v) is 12.8. The summed E-state index contributed by atoms with van der Waals surface area (Å²) in [6.07, 6.45) is 3.79. The lowest BCUT2D eigenvalue weighted by Gasteiger charge is -2.15. The third-order valence-electron chi connectivity index (χ3n) is 2.58. The molecule has 0 radical (unpaired) electrons. The van der Waals surface area contributed by atoms with Crippen LogP contribution in [0.2, 0.25) is 25.7 Å². The largest absolute Gasteiger partial charge is 0.360 e. The molecule has 0 aromatic carbocycles. The Morgan fingerprint density at radius 3 is 2.82 bits per heavy atom. The number of alkyl halides is 1. The van der Waals surface area contributed by atoms with Crippen molar-refractivity contribution in [3.8, 4) is 0 Å². The summed E-state index contributed by atoms with van der Waals surface area (Å²) >= 11 is 5.69. The highest BCUT2D eigenvalue weighted by molar-refractivity contribution is 6.76. The smallest absolute Gasteiger partial charge is 0.139 e. The van der Waals surface area contributed by atoms with Crippen LogP contribution in [0.15, 0.2) is 12.3 Å². The fraction of sp³-hybridized carbons (Fsp3) is 0.750. The molecule has 0 amide bonds. The first-order valence-corrected chi connectivity index (χ1v) is 10.4. The molecule has 0 aliphatic heterocycles. The zero-order chi connectivity index (χ0) is 12.7. The Balaban J connectivity index is 2.29. The van der Waals surface area contributed by atoms with Gasteiger partial charge in [-0.2, -0.15) is 5.10 Å². The average molecular weight is 275 g/mol. The lowest BCUT2D eigenvalue weighted by molar-refractivity contribution is 0.0765. The van der Waals surface area contributed by atoms with Gasteiger partial charge in [-0.05, 0) is 25.0 Å². The number of ether oxygens (including phenoxy) is 1. The molecule has 1 rings (SSSR count). The van der Waals surface area contributed by atoms with E-state index in [2.05, 4.69) is 24.7 Å². The summed E-state index contributed by atoms with van der Waals surface area (Å²) < 4.78 is 7.60. The molecule has 0 N–H and O–H groups in total. The molecule has 98 valence electrons. The van der Waals surface area contributed by atoms with Gasteiger partial charge in [0.2, 0.25) is 0 Å². The summed E-state index contributed by atoms with van der Waals surface area (Å²) in [6.45, 7) is 8.47. The van der Waals surface area contributed by atoms with Crippen molar-refractivity contribution in [2.75, 3.05) is 12.5 Å². The molecule has 0 saturated carbocycles. The zero-order valence-electron chi connectivity index (χ0n) is 11.1. The van der Waals surface area contributed by atoms with E-state index < -0.39 is 8.07 Å². The van der Waals surface area contributed by atoms with Gasteiger partial charge in [0, 0.05) is 32.5 Å². The van der Waals surface area contributed by atoms with E-state index in [9.17, 15) is 0 Å². The Labute approximate surface area is 110 Å². The van der Waals surface area contributed by atoms with Gasteiger partial charge in [0.1, 0.15) is 6.73 Å². The molecule has 1 aromatic heterocycles. The standard InChI is InChI=1S/C12H23ClN2OSi/c1-17(2,3)10-9-16-11-15-12(5-4-7-13)6-8-14-15/h6,8H,4-5,7,9-11H2,1-3H3. The molecule has 0 atom stereocenters. The maximum atomic E-state index is 5.69. The number of hydrogen-bond donors (Lipinski definition) is 0. The van der Waals surface area contributed by atoms with Crippen LogP contribution in [0.3, 0.4) is 0 Å².